The average molecular weight is 653 g/mol. The fourth-order valence-electron chi connectivity index (χ4n) is 5.47. The van der Waals surface area contributed by atoms with E-state index in [0.717, 1.165) is 18.4 Å². The molecule has 5 rings (SSSR count). The number of carboxylic acids is 1. The van der Waals surface area contributed by atoms with Crippen LogP contribution in [0.1, 0.15) is 48.7 Å². The first-order valence-electron chi connectivity index (χ1n) is 15.9. The zero-order chi connectivity index (χ0) is 33.7. The van der Waals surface area contributed by atoms with Gasteiger partial charge in [0, 0.05) is 63.2 Å². The number of rotatable bonds is 12. The van der Waals surface area contributed by atoms with Gasteiger partial charge >= 0.3 is 12.1 Å². The van der Waals surface area contributed by atoms with Gasteiger partial charge in [0.25, 0.3) is 11.8 Å². The Morgan fingerprint density at radius 2 is 1.70 bits per heavy atom. The highest BCUT2D eigenvalue weighted by molar-refractivity contribution is 5.99. The number of aliphatic carboxylic acids is 1. The van der Waals surface area contributed by atoms with Crippen LogP contribution in [0.5, 0.6) is 5.75 Å². The summed E-state index contributed by atoms with van der Waals surface area (Å²) in [6, 6.07) is 5.86. The molecule has 252 valence electrons. The number of hydrogen-bond acceptors (Lipinski definition) is 9. The maximum Gasteiger partial charge on any atom is 0.409 e. The molecule has 2 aliphatic heterocycles. The largest absolute Gasteiger partial charge is 0.483 e. The summed E-state index contributed by atoms with van der Waals surface area (Å²) in [7, 11) is 0. The number of nitrogens with one attached hydrogen (secondary N) is 2. The minimum atomic E-state index is -1.16. The van der Waals surface area contributed by atoms with Crippen LogP contribution in [0.3, 0.4) is 0 Å². The zero-order valence-corrected chi connectivity index (χ0v) is 26.5. The fraction of sp³-hybridized carbons (Fsp3) is 0.531. The number of carbonyl (C=O) groups excluding carboxylic acids is 5. The molecule has 2 saturated heterocycles. The number of carboxylic acid groups (broad SMARTS) is 1. The maximum atomic E-state index is 13.5. The number of amides is 5. The Hall–Kier alpha value is -4.95. The molecular weight excluding hydrogens is 612 g/mol. The number of hydrogen-bond donors (Lipinski definition) is 3. The van der Waals surface area contributed by atoms with Gasteiger partial charge in [-0.3, -0.25) is 24.0 Å². The van der Waals surface area contributed by atoms with Crippen LogP contribution < -0.4 is 15.4 Å². The van der Waals surface area contributed by atoms with E-state index in [1.807, 2.05) is 13.0 Å². The number of aryl methyl sites for hydroxylation is 1. The normalized spacial score (nSPS) is 17.0. The van der Waals surface area contributed by atoms with Crippen LogP contribution >= 0.6 is 0 Å². The Labute approximate surface area is 271 Å². The van der Waals surface area contributed by atoms with Gasteiger partial charge in [-0.25, -0.2) is 9.78 Å². The molecule has 15 heteroatoms. The minimum absolute atomic E-state index is 0.0392. The van der Waals surface area contributed by atoms with Crippen molar-refractivity contribution in [3.8, 4) is 5.75 Å². The molecule has 5 amide bonds. The first kappa shape index (κ1) is 33.4. The summed E-state index contributed by atoms with van der Waals surface area (Å²) in [6.45, 7) is 4.96. The molecule has 3 aliphatic rings. The number of carbonyl (C=O) groups is 6. The molecule has 1 aromatic carbocycles. The standard InChI is InChI=1S/C32H40N6O9/c1-3-46-32(45)37-12-10-36(11-13-37)31(44)23(8-9-28(40)41)35-30(43)25-15-26(22-7-4-19(2)14-24(22)34-25)47-18-27(39)38-16-20(17-38)29(42)33-21-5-6-21/h4,7,14-15,20-21,23H,3,5-6,8-13,16-18H2,1-2H3,(H,33,42)(H,35,43)(H,40,41)/t23-/m0/s1. The van der Waals surface area contributed by atoms with Crippen LogP contribution in [0.15, 0.2) is 24.3 Å². The Morgan fingerprint density at radius 1 is 1.00 bits per heavy atom. The van der Waals surface area contributed by atoms with E-state index in [0.29, 0.717) is 24.0 Å². The molecule has 0 spiro atoms. The Bertz CT molecular complexity index is 1550. The minimum Gasteiger partial charge on any atom is -0.483 e. The number of ether oxygens (including phenoxy) is 2. The number of piperazine rings is 1. The van der Waals surface area contributed by atoms with Crippen molar-refractivity contribution in [3.05, 3.63) is 35.5 Å². The predicted molar refractivity (Wildman–Crippen MR) is 167 cm³/mol. The fourth-order valence-corrected chi connectivity index (χ4v) is 5.47. The predicted octanol–water partition coefficient (Wildman–Crippen LogP) is 0.923. The second-order valence-corrected chi connectivity index (χ2v) is 12.1. The number of pyridine rings is 1. The molecule has 1 atom stereocenters. The van der Waals surface area contributed by atoms with Crippen molar-refractivity contribution < 1.29 is 43.3 Å². The Balaban J connectivity index is 1.26. The molecule has 3 N–H and O–H groups in total. The molecule has 0 bridgehead atoms. The molecule has 0 radical (unpaired) electrons. The lowest BCUT2D eigenvalue weighted by atomic mass is 9.99. The summed E-state index contributed by atoms with van der Waals surface area (Å²) in [5, 5.41) is 15.5. The van der Waals surface area contributed by atoms with Crippen LogP contribution in [-0.2, 0) is 23.9 Å². The van der Waals surface area contributed by atoms with Gasteiger partial charge in [0.1, 0.15) is 17.5 Å². The molecule has 1 aliphatic carbocycles. The van der Waals surface area contributed by atoms with Gasteiger partial charge < -0.3 is 39.9 Å². The number of aromatic nitrogens is 1. The van der Waals surface area contributed by atoms with E-state index in [-0.39, 0.29) is 87.5 Å². The third kappa shape index (κ3) is 8.45. The Morgan fingerprint density at radius 3 is 2.36 bits per heavy atom. The van der Waals surface area contributed by atoms with Crippen molar-refractivity contribution in [2.45, 2.75) is 51.6 Å². The molecule has 3 heterocycles. The summed E-state index contributed by atoms with van der Waals surface area (Å²) >= 11 is 0. The average Bonchev–Trinajstić information content (AvgIpc) is 3.84. The number of fused-ring (bicyclic) bond motifs is 1. The summed E-state index contributed by atoms with van der Waals surface area (Å²) in [5.74, 6) is -2.65. The van der Waals surface area contributed by atoms with Crippen molar-refractivity contribution in [1.82, 2.24) is 30.3 Å². The van der Waals surface area contributed by atoms with Crippen molar-refractivity contribution >= 4 is 46.6 Å². The first-order chi connectivity index (χ1) is 22.5. The van der Waals surface area contributed by atoms with E-state index in [2.05, 4.69) is 15.6 Å². The van der Waals surface area contributed by atoms with Crippen LogP contribution in [-0.4, -0.2) is 125 Å². The van der Waals surface area contributed by atoms with Gasteiger partial charge in [-0.15, -0.1) is 0 Å². The highest BCUT2D eigenvalue weighted by Crippen LogP contribution is 2.28. The topological polar surface area (TPSA) is 188 Å². The molecule has 15 nitrogen and oxygen atoms in total. The van der Waals surface area contributed by atoms with Crippen molar-refractivity contribution in [2.24, 2.45) is 5.92 Å². The van der Waals surface area contributed by atoms with E-state index < -0.39 is 29.9 Å². The van der Waals surface area contributed by atoms with Crippen molar-refractivity contribution in [2.75, 3.05) is 52.5 Å². The molecule has 47 heavy (non-hydrogen) atoms. The Kier molecular flexibility index (Phi) is 10.4. The van der Waals surface area contributed by atoms with Gasteiger partial charge in [0.15, 0.2) is 6.61 Å². The second kappa shape index (κ2) is 14.6. The molecule has 1 aromatic heterocycles. The lowest BCUT2D eigenvalue weighted by molar-refractivity contribution is -0.145. The SMILES string of the molecule is CCOC(=O)N1CCN(C(=O)[C@H](CCC(=O)O)NC(=O)c2cc(OCC(=O)N3CC(C(=O)NC4CC4)C3)c3ccc(C)cc3n2)CC1. The van der Waals surface area contributed by atoms with Gasteiger partial charge in [-0.05, 0) is 50.8 Å². The van der Waals surface area contributed by atoms with Crippen LogP contribution in [0, 0.1) is 12.8 Å². The highest BCUT2D eigenvalue weighted by Gasteiger charge is 2.38. The molecule has 3 fully saturated rings. The smallest absolute Gasteiger partial charge is 0.409 e. The van der Waals surface area contributed by atoms with Gasteiger partial charge in [-0.2, -0.15) is 0 Å². The van der Waals surface area contributed by atoms with Crippen LogP contribution in [0.4, 0.5) is 4.79 Å². The van der Waals surface area contributed by atoms with E-state index >= 15 is 0 Å². The lowest BCUT2D eigenvalue weighted by Gasteiger charge is -2.38. The van der Waals surface area contributed by atoms with E-state index in [1.54, 1.807) is 24.0 Å². The summed E-state index contributed by atoms with van der Waals surface area (Å²) < 4.78 is 10.9. The van der Waals surface area contributed by atoms with Gasteiger partial charge in [-0.1, -0.05) is 6.07 Å². The van der Waals surface area contributed by atoms with E-state index in [1.165, 1.54) is 15.9 Å². The summed E-state index contributed by atoms with van der Waals surface area (Å²) in [6.07, 6.45) is 0.989. The van der Waals surface area contributed by atoms with Crippen LogP contribution in [0.2, 0.25) is 0 Å². The summed E-state index contributed by atoms with van der Waals surface area (Å²) in [4.78, 5) is 84.5. The maximum absolute atomic E-state index is 13.5. The number of likely N-dealkylation sites (tertiary alicyclic amines) is 1. The molecular formula is C32H40N6O9. The van der Waals surface area contributed by atoms with Crippen molar-refractivity contribution in [3.63, 3.8) is 0 Å². The third-order valence-corrected chi connectivity index (χ3v) is 8.41. The third-order valence-electron chi connectivity index (χ3n) is 8.41. The summed E-state index contributed by atoms with van der Waals surface area (Å²) in [5.41, 5.74) is 1.23. The second-order valence-electron chi connectivity index (χ2n) is 12.1. The van der Waals surface area contributed by atoms with E-state index in [9.17, 15) is 33.9 Å². The molecule has 0 unspecified atom stereocenters. The zero-order valence-electron chi connectivity index (χ0n) is 26.5. The first-order valence-corrected chi connectivity index (χ1v) is 15.9. The monoisotopic (exact) mass is 652 g/mol. The molecule has 1 saturated carbocycles. The number of nitrogens with zero attached hydrogens (tertiary/aromatic N) is 4. The molecule has 2 aromatic rings. The van der Waals surface area contributed by atoms with Crippen molar-refractivity contribution in [1.29, 1.82) is 0 Å². The van der Waals surface area contributed by atoms with Gasteiger partial charge in [0.2, 0.25) is 11.8 Å². The lowest BCUT2D eigenvalue weighted by Crippen LogP contribution is -2.57. The van der Waals surface area contributed by atoms with E-state index in [4.69, 9.17) is 9.47 Å². The van der Waals surface area contributed by atoms with Gasteiger partial charge in [0.05, 0.1) is 18.0 Å². The highest BCUT2D eigenvalue weighted by atomic mass is 16.6. The number of benzene rings is 1. The quantitative estimate of drug-likeness (QED) is 0.298. The van der Waals surface area contributed by atoms with Crippen LogP contribution in [0.25, 0.3) is 10.9 Å².